The molecular weight excluding hydrogens is 348 g/mol. The van der Waals surface area contributed by atoms with Crippen molar-refractivity contribution in [3.05, 3.63) is 91.0 Å². The molecule has 3 rings (SSSR count). The van der Waals surface area contributed by atoms with E-state index in [0.29, 0.717) is 0 Å². The molecule has 0 N–H and O–H groups in total. The summed E-state index contributed by atoms with van der Waals surface area (Å²) >= 11 is 0. The number of rotatable bonds is 3. The van der Waals surface area contributed by atoms with Crippen LogP contribution in [0.4, 0.5) is 0 Å². The predicted octanol–water partition coefficient (Wildman–Crippen LogP) is 3.69. The smallest absolute Gasteiger partial charge is 0 e. The second kappa shape index (κ2) is 7.48. The molecule has 0 aliphatic rings. The zero-order valence-corrected chi connectivity index (χ0v) is 13.6. The molecule has 0 unspecified atom stereocenters. The van der Waals surface area contributed by atoms with E-state index < -0.39 is 7.92 Å². The Bertz CT molecular complexity index is 535. The first-order valence-electron chi connectivity index (χ1n) is 6.40. The molecule has 0 bridgehead atoms. The van der Waals surface area contributed by atoms with Gasteiger partial charge in [0.15, 0.2) is 0 Å². The quantitative estimate of drug-likeness (QED) is 0.491. The van der Waals surface area contributed by atoms with Crippen molar-refractivity contribution in [3.63, 3.8) is 0 Å². The molecule has 0 spiro atoms. The van der Waals surface area contributed by atoms with E-state index in [1.165, 1.54) is 15.9 Å². The largest absolute Gasteiger partial charge is 0.0622 e. The average molecular weight is 365 g/mol. The fraction of sp³-hybridized carbons (Fsp3) is 0. The number of hydrogen-bond acceptors (Lipinski definition) is 0. The van der Waals surface area contributed by atoms with Gasteiger partial charge in [-0.05, 0) is 23.8 Å². The summed E-state index contributed by atoms with van der Waals surface area (Å²) in [7, 11) is -0.446. The molecule has 0 aliphatic carbocycles. The third kappa shape index (κ3) is 3.42. The molecule has 0 aromatic heterocycles. The van der Waals surface area contributed by atoms with Gasteiger partial charge in [0.2, 0.25) is 0 Å². The van der Waals surface area contributed by atoms with Crippen LogP contribution in [0.25, 0.3) is 0 Å². The Morgan fingerprint density at radius 3 is 0.950 bits per heavy atom. The molecule has 0 saturated carbocycles. The maximum Gasteiger partial charge on any atom is 0 e. The average Bonchev–Trinajstić information content (AvgIpc) is 2.51. The van der Waals surface area contributed by atoms with Gasteiger partial charge in [-0.25, -0.2) is 0 Å². The molecule has 3 aromatic carbocycles. The summed E-state index contributed by atoms with van der Waals surface area (Å²) in [5.41, 5.74) is 0. The minimum atomic E-state index is -0.446. The van der Waals surface area contributed by atoms with Crippen LogP contribution in [0, 0.1) is 0 Å². The second-order valence-corrected chi connectivity index (χ2v) is 6.56. The van der Waals surface area contributed by atoms with Gasteiger partial charge in [0.25, 0.3) is 0 Å². The van der Waals surface area contributed by atoms with Gasteiger partial charge in [-0.2, -0.15) is 0 Å². The Morgan fingerprint density at radius 1 is 0.450 bits per heavy atom. The zero-order valence-electron chi connectivity index (χ0n) is 11.0. The molecule has 0 radical (unpaired) electrons. The number of benzene rings is 3. The molecule has 0 saturated heterocycles. The van der Waals surface area contributed by atoms with Gasteiger partial charge in [-0.1, -0.05) is 91.0 Å². The second-order valence-electron chi connectivity index (χ2n) is 4.34. The first kappa shape index (κ1) is 15.1. The van der Waals surface area contributed by atoms with Gasteiger partial charge in [-0.15, -0.1) is 0 Å². The fourth-order valence-electron chi connectivity index (χ4n) is 2.18. The van der Waals surface area contributed by atoms with Gasteiger partial charge in [0, 0.05) is 20.9 Å². The topological polar surface area (TPSA) is 0 Å². The van der Waals surface area contributed by atoms with Crippen molar-refractivity contribution in [1.82, 2.24) is 0 Å². The van der Waals surface area contributed by atoms with E-state index in [2.05, 4.69) is 91.0 Å². The maximum atomic E-state index is 2.23. The zero-order chi connectivity index (χ0) is 12.9. The van der Waals surface area contributed by atoms with Gasteiger partial charge in [0.1, 0.15) is 0 Å². The van der Waals surface area contributed by atoms with E-state index >= 15 is 0 Å². The van der Waals surface area contributed by atoms with Gasteiger partial charge >= 0.3 is 0 Å². The van der Waals surface area contributed by atoms with Crippen molar-refractivity contribution in [3.8, 4) is 0 Å². The van der Waals surface area contributed by atoms with E-state index in [1.54, 1.807) is 0 Å². The Hall–Kier alpha value is -1.29. The first-order chi connectivity index (χ1) is 9.45. The standard InChI is InChI=1S/C18H15P.Ru.H2/c1-4-10-16(11-5-1)19(17-12-6-2-7-13-17)18-14-8-3-9-15-18;;/h1-15H;;1H. The predicted molar refractivity (Wildman–Crippen MR) is 87.3 cm³/mol. The van der Waals surface area contributed by atoms with E-state index in [4.69, 9.17) is 0 Å². The van der Waals surface area contributed by atoms with Crippen molar-refractivity contribution in [2.24, 2.45) is 0 Å². The summed E-state index contributed by atoms with van der Waals surface area (Å²) in [5, 5.41) is 4.19. The Kier molecular flexibility index (Phi) is 5.65. The van der Waals surface area contributed by atoms with Crippen molar-refractivity contribution in [2.45, 2.75) is 0 Å². The SMILES string of the molecule is [HH].[Ru].c1ccc(P(c2ccccc2)c2ccccc2)cc1. The summed E-state index contributed by atoms with van der Waals surface area (Å²) in [6.07, 6.45) is 0. The summed E-state index contributed by atoms with van der Waals surface area (Å²) in [5.74, 6) is 0. The van der Waals surface area contributed by atoms with E-state index in [-0.39, 0.29) is 20.9 Å². The molecular formula is C18H17PRu. The molecule has 0 heterocycles. The van der Waals surface area contributed by atoms with Gasteiger partial charge in [-0.3, -0.25) is 0 Å². The Labute approximate surface area is 135 Å². The molecule has 20 heavy (non-hydrogen) atoms. The molecule has 2 heteroatoms. The van der Waals surface area contributed by atoms with Crippen LogP contribution in [0.5, 0.6) is 0 Å². The Morgan fingerprint density at radius 2 is 0.700 bits per heavy atom. The van der Waals surface area contributed by atoms with Crippen molar-refractivity contribution in [1.29, 1.82) is 0 Å². The van der Waals surface area contributed by atoms with Crippen molar-refractivity contribution >= 4 is 23.8 Å². The van der Waals surface area contributed by atoms with Crippen molar-refractivity contribution in [2.75, 3.05) is 0 Å². The van der Waals surface area contributed by atoms with Crippen LogP contribution in [0.1, 0.15) is 1.43 Å². The third-order valence-corrected chi connectivity index (χ3v) is 5.49. The van der Waals surface area contributed by atoms with Gasteiger partial charge in [0.05, 0.1) is 0 Å². The van der Waals surface area contributed by atoms with Crippen LogP contribution < -0.4 is 15.9 Å². The summed E-state index contributed by atoms with van der Waals surface area (Å²) in [6, 6.07) is 32.3. The monoisotopic (exact) mass is 366 g/mol. The Balaban J connectivity index is 0.00000110. The molecule has 0 amide bonds. The minimum absolute atomic E-state index is 0. The fourth-order valence-corrected chi connectivity index (χ4v) is 4.48. The van der Waals surface area contributed by atoms with Crippen LogP contribution >= 0.6 is 7.92 Å². The molecule has 0 atom stereocenters. The third-order valence-electron chi connectivity index (χ3n) is 3.04. The van der Waals surface area contributed by atoms with Crippen LogP contribution in [0.3, 0.4) is 0 Å². The summed E-state index contributed by atoms with van der Waals surface area (Å²) in [6.45, 7) is 0. The maximum absolute atomic E-state index is 2.23. The number of hydrogen-bond donors (Lipinski definition) is 0. The van der Waals surface area contributed by atoms with E-state index in [0.717, 1.165) is 0 Å². The molecule has 0 nitrogen and oxygen atoms in total. The van der Waals surface area contributed by atoms with Crippen LogP contribution in [-0.2, 0) is 19.5 Å². The summed E-state index contributed by atoms with van der Waals surface area (Å²) in [4.78, 5) is 0. The van der Waals surface area contributed by atoms with E-state index in [9.17, 15) is 0 Å². The van der Waals surface area contributed by atoms with Crippen molar-refractivity contribution < 1.29 is 20.9 Å². The molecule has 102 valence electrons. The van der Waals surface area contributed by atoms with Crippen LogP contribution in [0.15, 0.2) is 91.0 Å². The minimum Gasteiger partial charge on any atom is -0.0622 e. The van der Waals surface area contributed by atoms with Crippen LogP contribution in [-0.4, -0.2) is 0 Å². The normalized spacial score (nSPS) is 10.1. The molecule has 0 fully saturated rings. The van der Waals surface area contributed by atoms with Gasteiger partial charge < -0.3 is 0 Å². The first-order valence-corrected chi connectivity index (χ1v) is 7.74. The molecule has 0 aliphatic heterocycles. The van der Waals surface area contributed by atoms with E-state index in [1.807, 2.05) is 0 Å². The van der Waals surface area contributed by atoms with Crippen LogP contribution in [0.2, 0.25) is 0 Å². The molecule has 3 aromatic rings. The summed E-state index contributed by atoms with van der Waals surface area (Å²) < 4.78 is 0.